The van der Waals surface area contributed by atoms with Gasteiger partial charge in [0, 0.05) is 49.7 Å². The van der Waals surface area contributed by atoms with Crippen molar-refractivity contribution in [2.45, 2.75) is 33.3 Å². The van der Waals surface area contributed by atoms with E-state index in [4.69, 9.17) is 4.74 Å². The number of esters is 1. The number of amides is 1. The third-order valence-electron chi connectivity index (χ3n) is 5.93. The first-order valence-corrected chi connectivity index (χ1v) is 10.2. The number of aryl methyl sites for hydroxylation is 2. The average Bonchev–Trinajstić information content (AvgIpc) is 3.10. The van der Waals surface area contributed by atoms with E-state index < -0.39 is 0 Å². The lowest BCUT2D eigenvalue weighted by molar-refractivity contribution is -0.132. The number of carbonyl (C=O) groups excluding carboxylic acids is 2. The van der Waals surface area contributed by atoms with Gasteiger partial charge >= 0.3 is 5.97 Å². The molecule has 4 rings (SSSR count). The Bertz CT molecular complexity index is 933. The van der Waals surface area contributed by atoms with Crippen LogP contribution in [0.5, 0.6) is 0 Å². The molecule has 0 saturated carbocycles. The Morgan fingerprint density at radius 1 is 1.10 bits per heavy atom. The van der Waals surface area contributed by atoms with Gasteiger partial charge in [-0.05, 0) is 43.5 Å². The van der Waals surface area contributed by atoms with Crippen LogP contribution in [0.4, 0.5) is 0 Å². The molecule has 1 fully saturated rings. The molecule has 1 amide bonds. The SMILES string of the molecule is Cc1ccc(CC(=O)N2CCN(CCc3ccc4c(c3)COC4=O)CC2)nc1C. The van der Waals surface area contributed by atoms with Crippen LogP contribution < -0.4 is 0 Å². The summed E-state index contributed by atoms with van der Waals surface area (Å²) in [4.78, 5) is 33.0. The summed E-state index contributed by atoms with van der Waals surface area (Å²) < 4.78 is 5.07. The molecule has 152 valence electrons. The molecule has 0 atom stereocenters. The molecular weight excluding hydrogens is 366 g/mol. The number of ether oxygens (including phenoxy) is 1. The zero-order chi connectivity index (χ0) is 20.4. The molecule has 0 unspecified atom stereocenters. The van der Waals surface area contributed by atoms with Crippen molar-refractivity contribution in [1.82, 2.24) is 14.8 Å². The highest BCUT2D eigenvalue weighted by atomic mass is 16.5. The van der Waals surface area contributed by atoms with Gasteiger partial charge in [0.05, 0.1) is 12.0 Å². The van der Waals surface area contributed by atoms with Gasteiger partial charge in [-0.2, -0.15) is 0 Å². The molecule has 0 bridgehead atoms. The second kappa shape index (κ2) is 8.33. The fourth-order valence-corrected chi connectivity index (χ4v) is 3.90. The molecule has 6 heteroatoms. The van der Waals surface area contributed by atoms with Crippen molar-refractivity contribution in [2.75, 3.05) is 32.7 Å². The summed E-state index contributed by atoms with van der Waals surface area (Å²) in [6.45, 7) is 8.65. The molecule has 1 aromatic heterocycles. The van der Waals surface area contributed by atoms with E-state index in [0.717, 1.165) is 61.7 Å². The highest BCUT2D eigenvalue weighted by molar-refractivity contribution is 5.93. The number of benzene rings is 1. The number of pyridine rings is 1. The van der Waals surface area contributed by atoms with Crippen molar-refractivity contribution >= 4 is 11.9 Å². The molecule has 0 N–H and O–H groups in total. The number of piperazine rings is 1. The quantitative estimate of drug-likeness (QED) is 0.730. The highest BCUT2D eigenvalue weighted by Crippen LogP contribution is 2.21. The van der Waals surface area contributed by atoms with E-state index in [0.29, 0.717) is 18.6 Å². The van der Waals surface area contributed by atoms with Crippen LogP contribution in [-0.2, 0) is 29.0 Å². The first-order chi connectivity index (χ1) is 14.0. The summed E-state index contributed by atoms with van der Waals surface area (Å²) in [5, 5.41) is 0. The number of rotatable bonds is 5. The second-order valence-corrected chi connectivity index (χ2v) is 7.92. The molecule has 2 aromatic rings. The molecule has 1 aromatic carbocycles. The number of nitrogens with zero attached hydrogens (tertiary/aromatic N) is 3. The lowest BCUT2D eigenvalue weighted by atomic mass is 10.0. The van der Waals surface area contributed by atoms with Crippen molar-refractivity contribution in [1.29, 1.82) is 0 Å². The minimum absolute atomic E-state index is 0.156. The fourth-order valence-electron chi connectivity index (χ4n) is 3.90. The normalized spacial score (nSPS) is 16.6. The van der Waals surface area contributed by atoms with Crippen molar-refractivity contribution in [3.8, 4) is 0 Å². The highest BCUT2D eigenvalue weighted by Gasteiger charge is 2.23. The number of fused-ring (bicyclic) bond motifs is 1. The third-order valence-corrected chi connectivity index (χ3v) is 5.93. The summed E-state index contributed by atoms with van der Waals surface area (Å²) in [6.07, 6.45) is 1.30. The van der Waals surface area contributed by atoms with Crippen LogP contribution in [0.15, 0.2) is 30.3 Å². The Kier molecular flexibility index (Phi) is 5.62. The largest absolute Gasteiger partial charge is 0.457 e. The van der Waals surface area contributed by atoms with Crippen LogP contribution in [0.1, 0.15) is 38.4 Å². The molecule has 0 radical (unpaired) electrons. The van der Waals surface area contributed by atoms with Gasteiger partial charge in [-0.15, -0.1) is 0 Å². The average molecular weight is 393 g/mol. The topological polar surface area (TPSA) is 62.7 Å². The van der Waals surface area contributed by atoms with E-state index in [-0.39, 0.29) is 11.9 Å². The maximum atomic E-state index is 12.6. The van der Waals surface area contributed by atoms with Crippen molar-refractivity contribution in [3.05, 3.63) is 64.0 Å². The monoisotopic (exact) mass is 393 g/mol. The smallest absolute Gasteiger partial charge is 0.338 e. The van der Waals surface area contributed by atoms with Crippen molar-refractivity contribution in [2.24, 2.45) is 0 Å². The number of aromatic nitrogens is 1. The molecule has 3 heterocycles. The maximum absolute atomic E-state index is 12.6. The van der Waals surface area contributed by atoms with Gasteiger partial charge in [-0.1, -0.05) is 18.2 Å². The Hall–Kier alpha value is -2.73. The minimum atomic E-state index is -0.219. The van der Waals surface area contributed by atoms with E-state index in [9.17, 15) is 9.59 Å². The first kappa shape index (κ1) is 19.6. The Labute approximate surface area is 171 Å². The fraction of sp³-hybridized carbons (Fsp3) is 0.435. The molecule has 2 aliphatic rings. The summed E-state index contributed by atoms with van der Waals surface area (Å²) >= 11 is 0. The predicted octanol–water partition coefficient (Wildman–Crippen LogP) is 2.30. The zero-order valence-corrected chi connectivity index (χ0v) is 17.1. The minimum Gasteiger partial charge on any atom is -0.457 e. The van der Waals surface area contributed by atoms with Crippen LogP contribution in [0.3, 0.4) is 0 Å². The maximum Gasteiger partial charge on any atom is 0.338 e. The van der Waals surface area contributed by atoms with E-state index in [1.807, 2.05) is 43.0 Å². The van der Waals surface area contributed by atoms with E-state index >= 15 is 0 Å². The van der Waals surface area contributed by atoms with Gasteiger partial charge in [0.2, 0.25) is 5.91 Å². The number of hydrogen-bond acceptors (Lipinski definition) is 5. The van der Waals surface area contributed by atoms with Crippen LogP contribution in [-0.4, -0.2) is 59.4 Å². The van der Waals surface area contributed by atoms with E-state index in [1.54, 1.807) is 0 Å². The molecule has 6 nitrogen and oxygen atoms in total. The molecule has 1 saturated heterocycles. The molecule has 2 aliphatic heterocycles. The summed E-state index contributed by atoms with van der Waals surface area (Å²) in [6, 6.07) is 9.95. The third kappa shape index (κ3) is 4.48. The van der Waals surface area contributed by atoms with Crippen LogP contribution in [0, 0.1) is 13.8 Å². The first-order valence-electron chi connectivity index (χ1n) is 10.2. The molecule has 0 aliphatic carbocycles. The summed E-state index contributed by atoms with van der Waals surface area (Å²) in [5.41, 5.74) is 5.89. The Morgan fingerprint density at radius 2 is 1.90 bits per heavy atom. The van der Waals surface area contributed by atoms with Crippen molar-refractivity contribution in [3.63, 3.8) is 0 Å². The number of carbonyl (C=O) groups is 2. The van der Waals surface area contributed by atoms with Gasteiger partial charge in [0.15, 0.2) is 0 Å². The van der Waals surface area contributed by atoms with Gasteiger partial charge in [0.25, 0.3) is 0 Å². The van der Waals surface area contributed by atoms with Gasteiger partial charge in [0.1, 0.15) is 6.61 Å². The van der Waals surface area contributed by atoms with E-state index in [2.05, 4.69) is 16.0 Å². The Morgan fingerprint density at radius 3 is 2.66 bits per heavy atom. The van der Waals surface area contributed by atoms with Crippen LogP contribution >= 0.6 is 0 Å². The molecule has 29 heavy (non-hydrogen) atoms. The predicted molar refractivity (Wildman–Crippen MR) is 110 cm³/mol. The van der Waals surface area contributed by atoms with Gasteiger partial charge in [-0.25, -0.2) is 4.79 Å². The van der Waals surface area contributed by atoms with E-state index in [1.165, 1.54) is 5.56 Å². The lowest BCUT2D eigenvalue weighted by Crippen LogP contribution is -2.49. The second-order valence-electron chi connectivity index (χ2n) is 7.92. The van der Waals surface area contributed by atoms with Gasteiger partial charge in [-0.3, -0.25) is 14.7 Å². The summed E-state index contributed by atoms with van der Waals surface area (Å²) in [7, 11) is 0. The molecule has 0 spiro atoms. The zero-order valence-electron chi connectivity index (χ0n) is 17.1. The Balaban J connectivity index is 1.24. The molecular formula is C23H27N3O3. The number of hydrogen-bond donors (Lipinski definition) is 0. The van der Waals surface area contributed by atoms with Gasteiger partial charge < -0.3 is 9.64 Å². The lowest BCUT2D eigenvalue weighted by Gasteiger charge is -2.34. The van der Waals surface area contributed by atoms with Crippen molar-refractivity contribution < 1.29 is 14.3 Å². The standard InChI is InChI=1S/C23H27N3O3/c1-16-3-5-20(24-17(16)2)14-22(27)26-11-9-25(10-12-26)8-7-18-4-6-21-19(13-18)15-29-23(21)28/h3-6,13H,7-12,14-15H2,1-2H3. The summed E-state index contributed by atoms with van der Waals surface area (Å²) in [5.74, 6) is -0.0629. The number of cyclic esters (lactones) is 1. The van der Waals surface area contributed by atoms with Crippen LogP contribution in [0.2, 0.25) is 0 Å². The van der Waals surface area contributed by atoms with Crippen LogP contribution in [0.25, 0.3) is 0 Å².